The van der Waals surface area contributed by atoms with Crippen LogP contribution in [0.3, 0.4) is 0 Å². The summed E-state index contributed by atoms with van der Waals surface area (Å²) in [5.41, 5.74) is -0.318. The van der Waals surface area contributed by atoms with E-state index in [4.69, 9.17) is 0 Å². The van der Waals surface area contributed by atoms with Crippen LogP contribution < -0.4 is 5.32 Å². The molecule has 1 N–H and O–H groups in total. The smallest absolute Gasteiger partial charge is 0.307 e. The molecule has 2 rings (SSSR count). The van der Waals surface area contributed by atoms with Gasteiger partial charge in [0.15, 0.2) is 0 Å². The second-order valence-electron chi connectivity index (χ2n) is 4.87. The van der Waals surface area contributed by atoms with Crippen molar-refractivity contribution in [3.05, 3.63) is 45.0 Å². The van der Waals surface area contributed by atoms with Gasteiger partial charge in [-0.05, 0) is 6.42 Å². The second kappa shape index (κ2) is 7.30. The van der Waals surface area contributed by atoms with Crippen LogP contribution >= 0.6 is 0 Å². The predicted molar refractivity (Wildman–Crippen MR) is 80.1 cm³/mol. The van der Waals surface area contributed by atoms with Gasteiger partial charge in [-0.25, -0.2) is 0 Å². The Kier molecular flexibility index (Phi) is 5.19. The Morgan fingerprint density at radius 2 is 1.83 bits per heavy atom. The van der Waals surface area contributed by atoms with Gasteiger partial charge in [0, 0.05) is 6.54 Å². The summed E-state index contributed by atoms with van der Waals surface area (Å²) in [7, 11) is 0. The van der Waals surface area contributed by atoms with Crippen molar-refractivity contribution in [2.75, 3.05) is 6.54 Å². The maximum absolute atomic E-state index is 12.2. The van der Waals surface area contributed by atoms with Crippen LogP contribution in [0, 0.1) is 20.2 Å². The number of amides is 1. The van der Waals surface area contributed by atoms with E-state index in [0.717, 1.165) is 12.4 Å². The highest BCUT2D eigenvalue weighted by atomic mass is 16.6. The molecule has 0 aromatic carbocycles. The lowest BCUT2D eigenvalue weighted by Crippen LogP contribution is -2.34. The van der Waals surface area contributed by atoms with E-state index in [1.54, 1.807) is 6.92 Å². The van der Waals surface area contributed by atoms with E-state index < -0.39 is 15.9 Å². The molecular weight excluding hydrogens is 322 g/mol. The summed E-state index contributed by atoms with van der Waals surface area (Å²) in [6, 6.07) is -0.675. The first-order valence-electron chi connectivity index (χ1n) is 7.05. The van der Waals surface area contributed by atoms with Crippen molar-refractivity contribution in [2.45, 2.75) is 25.9 Å². The lowest BCUT2D eigenvalue weighted by molar-refractivity contribution is -0.385. The Labute approximate surface area is 135 Å². The number of nitro groups is 2. The molecule has 2 aromatic heterocycles. The van der Waals surface area contributed by atoms with Crippen molar-refractivity contribution in [1.29, 1.82) is 0 Å². The van der Waals surface area contributed by atoms with Crippen LogP contribution in [0.4, 0.5) is 11.4 Å². The van der Waals surface area contributed by atoms with E-state index in [0.29, 0.717) is 6.42 Å². The summed E-state index contributed by atoms with van der Waals surface area (Å²) < 4.78 is 2.59. The number of aromatic nitrogens is 4. The number of nitrogens with one attached hydrogen (secondary N) is 1. The van der Waals surface area contributed by atoms with Crippen LogP contribution in [0.15, 0.2) is 24.8 Å². The third kappa shape index (κ3) is 3.91. The van der Waals surface area contributed by atoms with Crippen molar-refractivity contribution < 1.29 is 14.6 Å². The number of rotatable bonds is 8. The predicted octanol–water partition coefficient (Wildman–Crippen LogP) is 0.663. The van der Waals surface area contributed by atoms with Gasteiger partial charge in [-0.2, -0.15) is 10.2 Å². The van der Waals surface area contributed by atoms with Gasteiger partial charge in [0.25, 0.3) is 0 Å². The summed E-state index contributed by atoms with van der Waals surface area (Å²) in [6.07, 6.45) is 5.07. The van der Waals surface area contributed by atoms with E-state index in [1.807, 2.05) is 0 Å². The first kappa shape index (κ1) is 17.1. The zero-order chi connectivity index (χ0) is 17.7. The van der Waals surface area contributed by atoms with Gasteiger partial charge in [-0.3, -0.25) is 34.4 Å². The quantitative estimate of drug-likeness (QED) is 0.548. The third-order valence-corrected chi connectivity index (χ3v) is 3.28. The number of hydrogen-bond donors (Lipinski definition) is 1. The number of carbonyl (C=O) groups excluding carboxylic acids is 1. The monoisotopic (exact) mass is 337 g/mol. The maximum atomic E-state index is 12.2. The minimum absolute atomic E-state index is 0.128. The van der Waals surface area contributed by atoms with E-state index >= 15 is 0 Å². The molecule has 1 unspecified atom stereocenters. The minimum atomic E-state index is -0.675. The molecule has 0 aliphatic rings. The molecule has 24 heavy (non-hydrogen) atoms. The fourth-order valence-electron chi connectivity index (χ4n) is 2.07. The van der Waals surface area contributed by atoms with Crippen LogP contribution in [-0.2, 0) is 11.3 Å². The second-order valence-corrected chi connectivity index (χ2v) is 4.87. The van der Waals surface area contributed by atoms with Crippen LogP contribution in [0.25, 0.3) is 0 Å². The van der Waals surface area contributed by atoms with Crippen LogP contribution in [0.1, 0.15) is 19.4 Å². The molecule has 1 amide bonds. The lowest BCUT2D eigenvalue weighted by Gasteiger charge is -2.15. The molecule has 2 heterocycles. The van der Waals surface area contributed by atoms with Gasteiger partial charge < -0.3 is 5.32 Å². The third-order valence-electron chi connectivity index (χ3n) is 3.28. The molecule has 0 saturated heterocycles. The zero-order valence-electron chi connectivity index (χ0n) is 12.7. The van der Waals surface area contributed by atoms with E-state index in [-0.39, 0.29) is 30.4 Å². The fraction of sp³-hybridized carbons (Fsp3) is 0.417. The maximum Gasteiger partial charge on any atom is 0.307 e. The Bertz CT molecular complexity index is 753. The fourth-order valence-corrected chi connectivity index (χ4v) is 2.07. The summed E-state index contributed by atoms with van der Waals surface area (Å²) in [6.45, 7) is 2.22. The molecule has 12 heteroatoms. The Hall–Kier alpha value is -3.31. The van der Waals surface area contributed by atoms with Crippen LogP contribution in [-0.4, -0.2) is 41.9 Å². The molecule has 2 aromatic rings. The number of nitrogens with zero attached hydrogens (tertiary/aromatic N) is 6. The van der Waals surface area contributed by atoms with E-state index in [9.17, 15) is 25.0 Å². The van der Waals surface area contributed by atoms with E-state index in [1.165, 1.54) is 21.8 Å². The summed E-state index contributed by atoms with van der Waals surface area (Å²) >= 11 is 0. The zero-order valence-corrected chi connectivity index (χ0v) is 12.7. The highest BCUT2D eigenvalue weighted by Gasteiger charge is 2.21. The van der Waals surface area contributed by atoms with Crippen molar-refractivity contribution in [3.63, 3.8) is 0 Å². The molecular formula is C12H15N7O5. The van der Waals surface area contributed by atoms with Gasteiger partial charge in [0.05, 0.1) is 16.4 Å². The largest absolute Gasteiger partial charge is 0.352 e. The molecule has 0 radical (unpaired) electrons. The number of hydrogen-bond acceptors (Lipinski definition) is 7. The van der Waals surface area contributed by atoms with Crippen molar-refractivity contribution in [2.24, 2.45) is 0 Å². The van der Waals surface area contributed by atoms with Crippen molar-refractivity contribution in [3.8, 4) is 0 Å². The molecule has 0 aliphatic carbocycles. The molecule has 1 atom stereocenters. The minimum Gasteiger partial charge on any atom is -0.352 e. The number of carbonyl (C=O) groups is 1. The Balaban J connectivity index is 1.91. The first-order valence-corrected chi connectivity index (χ1v) is 7.05. The molecule has 12 nitrogen and oxygen atoms in total. The summed E-state index contributed by atoms with van der Waals surface area (Å²) in [5, 5.41) is 31.5. The Morgan fingerprint density at radius 3 is 2.38 bits per heavy atom. The molecule has 0 spiro atoms. The topological polar surface area (TPSA) is 151 Å². The van der Waals surface area contributed by atoms with Gasteiger partial charge in [-0.15, -0.1) is 0 Å². The lowest BCUT2D eigenvalue weighted by atomic mass is 10.2. The summed E-state index contributed by atoms with van der Waals surface area (Å²) in [5.74, 6) is -0.350. The standard InChI is InChI=1S/C12H15N7O5/c1-2-11(17-8-10(6-15-17)19(23)24)12(20)13-3-4-16-7-9(5-14-16)18(21)22/h5-8,11H,2-4H2,1H3,(H,13,20). The van der Waals surface area contributed by atoms with E-state index in [2.05, 4.69) is 15.5 Å². The first-order chi connectivity index (χ1) is 11.4. The molecule has 0 saturated carbocycles. The molecule has 0 bridgehead atoms. The van der Waals surface area contributed by atoms with Gasteiger partial charge >= 0.3 is 11.4 Å². The highest BCUT2D eigenvalue weighted by molar-refractivity contribution is 5.80. The molecule has 128 valence electrons. The van der Waals surface area contributed by atoms with Crippen LogP contribution in [0.2, 0.25) is 0 Å². The van der Waals surface area contributed by atoms with Crippen LogP contribution in [0.5, 0.6) is 0 Å². The van der Waals surface area contributed by atoms with Gasteiger partial charge in [0.1, 0.15) is 30.8 Å². The highest BCUT2D eigenvalue weighted by Crippen LogP contribution is 2.15. The Morgan fingerprint density at radius 1 is 1.21 bits per heavy atom. The van der Waals surface area contributed by atoms with Gasteiger partial charge in [0.2, 0.25) is 5.91 Å². The molecule has 0 aliphatic heterocycles. The van der Waals surface area contributed by atoms with Crippen molar-refractivity contribution in [1.82, 2.24) is 24.9 Å². The SMILES string of the molecule is CCC(C(=O)NCCn1cc([N+](=O)[O-])cn1)n1cc([N+](=O)[O-])cn1. The van der Waals surface area contributed by atoms with Gasteiger partial charge in [-0.1, -0.05) is 6.92 Å². The average Bonchev–Trinajstić information content (AvgIpc) is 3.17. The normalized spacial score (nSPS) is 11.9. The average molecular weight is 337 g/mol. The van der Waals surface area contributed by atoms with Crippen molar-refractivity contribution >= 4 is 17.3 Å². The molecule has 0 fully saturated rings. The summed E-state index contributed by atoms with van der Waals surface area (Å²) in [4.78, 5) is 32.3.